The number of fused-ring (bicyclic) bond motifs is 1. The van der Waals surface area contributed by atoms with Crippen LogP contribution < -0.4 is 24.4 Å². The summed E-state index contributed by atoms with van der Waals surface area (Å²) in [5.41, 5.74) is 2.25. The van der Waals surface area contributed by atoms with Crippen molar-refractivity contribution < 1.29 is 28.6 Å². The van der Waals surface area contributed by atoms with E-state index in [9.17, 15) is 19.2 Å². The van der Waals surface area contributed by atoms with E-state index in [2.05, 4.69) is 4.99 Å². The Bertz CT molecular complexity index is 2190. The lowest BCUT2D eigenvalue weighted by atomic mass is 9.96. The molecule has 0 saturated carbocycles. The maximum Gasteiger partial charge on any atom is 0.343 e. The van der Waals surface area contributed by atoms with E-state index in [-0.39, 0.29) is 29.2 Å². The third kappa shape index (κ3) is 6.58. The monoisotopic (exact) mass is 644 g/mol. The minimum absolute atomic E-state index is 0.00716. The molecule has 4 aromatic carbocycles. The second-order valence-electron chi connectivity index (χ2n) is 10.4. The first-order chi connectivity index (χ1) is 22.8. The minimum Gasteiger partial charge on any atom is -0.463 e. The maximum absolute atomic E-state index is 14.0. The van der Waals surface area contributed by atoms with E-state index in [1.54, 1.807) is 86.7 Å². The SMILES string of the molecule is CCOC(=O)C1=C(C)N=c2s/c(=C\c3ccc(OC(=O)c4ccccc4)c(OC(=O)c4ccccc4)c3)c(=O)n2C1c1ccccc1. The van der Waals surface area contributed by atoms with Crippen LogP contribution in [0, 0.1) is 0 Å². The van der Waals surface area contributed by atoms with E-state index in [1.165, 1.54) is 16.7 Å². The Morgan fingerprint density at radius 3 is 1.96 bits per heavy atom. The number of hydrogen-bond acceptors (Lipinski definition) is 9. The van der Waals surface area contributed by atoms with Crippen molar-refractivity contribution >= 4 is 35.3 Å². The van der Waals surface area contributed by atoms with E-state index in [4.69, 9.17) is 14.2 Å². The molecule has 2 heterocycles. The van der Waals surface area contributed by atoms with Gasteiger partial charge in [-0.15, -0.1) is 0 Å². The van der Waals surface area contributed by atoms with Crippen LogP contribution >= 0.6 is 11.3 Å². The van der Waals surface area contributed by atoms with Crippen molar-refractivity contribution in [3.8, 4) is 11.5 Å². The fraction of sp³-hybridized carbons (Fsp3) is 0.108. The van der Waals surface area contributed by atoms with Crippen LogP contribution in [0.4, 0.5) is 0 Å². The third-order valence-electron chi connectivity index (χ3n) is 7.32. The summed E-state index contributed by atoms with van der Waals surface area (Å²) in [5, 5.41) is 0. The number of thiazole rings is 1. The minimum atomic E-state index is -0.740. The summed E-state index contributed by atoms with van der Waals surface area (Å²) in [4.78, 5) is 58.1. The molecule has 0 fully saturated rings. The highest BCUT2D eigenvalue weighted by atomic mass is 32.1. The zero-order chi connectivity index (χ0) is 32.9. The van der Waals surface area contributed by atoms with Crippen molar-refractivity contribution in [2.45, 2.75) is 19.9 Å². The number of hydrogen-bond donors (Lipinski definition) is 0. The molecule has 5 aromatic rings. The van der Waals surface area contributed by atoms with Crippen LogP contribution in [0.5, 0.6) is 11.5 Å². The van der Waals surface area contributed by atoms with Gasteiger partial charge in [0, 0.05) is 0 Å². The highest BCUT2D eigenvalue weighted by Crippen LogP contribution is 2.32. The number of rotatable bonds is 8. The molecule has 1 atom stereocenters. The third-order valence-corrected chi connectivity index (χ3v) is 8.31. The highest BCUT2D eigenvalue weighted by molar-refractivity contribution is 7.07. The molecule has 6 rings (SSSR count). The molecule has 1 aromatic heterocycles. The largest absolute Gasteiger partial charge is 0.463 e. The normalized spacial score (nSPS) is 14.2. The summed E-state index contributed by atoms with van der Waals surface area (Å²) in [6.07, 6.45) is 1.64. The zero-order valence-corrected chi connectivity index (χ0v) is 26.2. The van der Waals surface area contributed by atoms with Gasteiger partial charge in [-0.05, 0) is 67.4 Å². The van der Waals surface area contributed by atoms with E-state index in [1.807, 2.05) is 30.3 Å². The molecule has 10 heteroatoms. The summed E-state index contributed by atoms with van der Waals surface area (Å²) in [7, 11) is 0. The summed E-state index contributed by atoms with van der Waals surface area (Å²) in [6.45, 7) is 3.62. The van der Waals surface area contributed by atoms with Gasteiger partial charge >= 0.3 is 17.9 Å². The second kappa shape index (κ2) is 13.6. The van der Waals surface area contributed by atoms with Crippen molar-refractivity contribution in [1.29, 1.82) is 0 Å². The first-order valence-corrected chi connectivity index (χ1v) is 15.6. The van der Waals surface area contributed by atoms with Crippen LogP contribution in [-0.4, -0.2) is 29.1 Å². The molecule has 0 radical (unpaired) electrons. The highest BCUT2D eigenvalue weighted by Gasteiger charge is 2.33. The number of benzene rings is 4. The maximum atomic E-state index is 14.0. The Morgan fingerprint density at radius 2 is 1.36 bits per heavy atom. The van der Waals surface area contributed by atoms with Crippen LogP contribution in [-0.2, 0) is 9.53 Å². The molecule has 1 aliphatic rings. The number of carbonyl (C=O) groups is 3. The van der Waals surface area contributed by atoms with Gasteiger partial charge in [-0.2, -0.15) is 0 Å². The predicted molar refractivity (Wildman–Crippen MR) is 176 cm³/mol. The van der Waals surface area contributed by atoms with Crippen LogP contribution in [0.15, 0.2) is 130 Å². The lowest BCUT2D eigenvalue weighted by Gasteiger charge is -2.24. The lowest BCUT2D eigenvalue weighted by molar-refractivity contribution is -0.139. The van der Waals surface area contributed by atoms with Crippen LogP contribution in [0.2, 0.25) is 0 Å². The van der Waals surface area contributed by atoms with Gasteiger partial charge < -0.3 is 14.2 Å². The Hall–Kier alpha value is -5.87. The molecule has 1 aliphatic heterocycles. The molecule has 1 unspecified atom stereocenters. The first kappa shape index (κ1) is 31.1. The Balaban J connectivity index is 1.43. The Kier molecular flexibility index (Phi) is 9.03. The molecule has 9 nitrogen and oxygen atoms in total. The standard InChI is InChI=1S/C37H28N2O7S/c1-3-44-36(43)31-23(2)38-37-39(32(31)25-13-7-4-8-14-25)33(40)30(47-37)22-24-19-20-28(45-34(41)26-15-9-5-10-16-26)29(21-24)46-35(42)27-17-11-6-12-18-27/h4-22,32H,3H2,1-2H3/b30-22-. The predicted octanol–water partition coefficient (Wildman–Crippen LogP) is 5.24. The summed E-state index contributed by atoms with van der Waals surface area (Å²) in [5.74, 6) is -1.79. The molecule has 0 saturated heterocycles. The molecular formula is C37H28N2O7S. The summed E-state index contributed by atoms with van der Waals surface area (Å²) in [6, 6.07) is 30.0. The van der Waals surface area contributed by atoms with Gasteiger partial charge in [0.25, 0.3) is 5.56 Å². The van der Waals surface area contributed by atoms with Crippen molar-refractivity contribution in [2.75, 3.05) is 6.61 Å². The number of nitrogens with zero attached hydrogens (tertiary/aromatic N) is 2. The molecule has 234 valence electrons. The van der Waals surface area contributed by atoms with Crippen molar-refractivity contribution in [2.24, 2.45) is 4.99 Å². The van der Waals surface area contributed by atoms with Gasteiger partial charge in [0.05, 0.1) is 39.6 Å². The number of aromatic nitrogens is 1. The Labute approximate surface area is 273 Å². The van der Waals surface area contributed by atoms with E-state index >= 15 is 0 Å². The number of allylic oxidation sites excluding steroid dienone is 1. The molecule has 0 amide bonds. The van der Waals surface area contributed by atoms with Crippen molar-refractivity contribution in [3.63, 3.8) is 0 Å². The smallest absolute Gasteiger partial charge is 0.343 e. The van der Waals surface area contributed by atoms with Gasteiger partial charge in [0.1, 0.15) is 0 Å². The van der Waals surface area contributed by atoms with Crippen LogP contribution in [0.3, 0.4) is 0 Å². The summed E-state index contributed by atoms with van der Waals surface area (Å²) < 4.78 is 18.5. The van der Waals surface area contributed by atoms with Crippen molar-refractivity contribution in [3.05, 3.63) is 162 Å². The zero-order valence-electron chi connectivity index (χ0n) is 25.4. The average molecular weight is 645 g/mol. The van der Waals surface area contributed by atoms with E-state index in [0.717, 1.165) is 16.9 Å². The number of esters is 3. The quantitative estimate of drug-likeness (QED) is 0.168. The molecule has 0 aliphatic carbocycles. The van der Waals surface area contributed by atoms with Gasteiger partial charge in [-0.25, -0.2) is 19.4 Å². The molecule has 0 N–H and O–H groups in total. The average Bonchev–Trinajstić information content (AvgIpc) is 3.39. The topological polar surface area (TPSA) is 113 Å². The van der Waals surface area contributed by atoms with Gasteiger partial charge in [-0.1, -0.05) is 84.1 Å². The van der Waals surface area contributed by atoms with E-state index in [0.29, 0.717) is 31.7 Å². The summed E-state index contributed by atoms with van der Waals surface area (Å²) >= 11 is 1.16. The van der Waals surface area contributed by atoms with Crippen molar-refractivity contribution in [1.82, 2.24) is 4.57 Å². The van der Waals surface area contributed by atoms with Gasteiger partial charge in [-0.3, -0.25) is 9.36 Å². The number of ether oxygens (including phenoxy) is 3. The molecule has 47 heavy (non-hydrogen) atoms. The van der Waals surface area contributed by atoms with Gasteiger partial charge in [0.15, 0.2) is 16.3 Å². The fourth-order valence-corrected chi connectivity index (χ4v) is 6.18. The molecule has 0 spiro atoms. The second-order valence-corrected chi connectivity index (χ2v) is 11.4. The Morgan fingerprint density at radius 1 is 0.787 bits per heavy atom. The molecular weight excluding hydrogens is 616 g/mol. The fourth-order valence-electron chi connectivity index (χ4n) is 5.14. The first-order valence-electron chi connectivity index (χ1n) is 14.8. The van der Waals surface area contributed by atoms with E-state index < -0.39 is 23.9 Å². The lowest BCUT2D eigenvalue weighted by Crippen LogP contribution is -2.39. The van der Waals surface area contributed by atoms with Crippen LogP contribution in [0.1, 0.15) is 51.7 Å². The number of carbonyl (C=O) groups excluding carboxylic acids is 3. The van der Waals surface area contributed by atoms with Gasteiger partial charge in [0.2, 0.25) is 0 Å². The molecule has 0 bridgehead atoms. The van der Waals surface area contributed by atoms with Crippen LogP contribution in [0.25, 0.3) is 6.08 Å².